The van der Waals surface area contributed by atoms with Crippen molar-refractivity contribution in [3.63, 3.8) is 0 Å². The van der Waals surface area contributed by atoms with Crippen molar-refractivity contribution in [2.24, 2.45) is 4.99 Å². The fourth-order valence-corrected chi connectivity index (χ4v) is 16.2. The highest BCUT2D eigenvalue weighted by molar-refractivity contribution is 7.17. The topological polar surface area (TPSA) is 364 Å². The van der Waals surface area contributed by atoms with Crippen LogP contribution in [0, 0.1) is 0 Å². The maximum absolute atomic E-state index is 13.8. The van der Waals surface area contributed by atoms with Gasteiger partial charge in [0.25, 0.3) is 16.7 Å². The van der Waals surface area contributed by atoms with Gasteiger partial charge in [0.05, 0.1) is 138 Å². The first-order valence-electron chi connectivity index (χ1n) is 38.5. The molecular weight excluding hydrogens is 1610 g/mol. The number of nitrogens with zero attached hydrogens (tertiary/aromatic N) is 15. The molecule has 30 nitrogen and oxygen atoms in total. The summed E-state index contributed by atoms with van der Waals surface area (Å²) in [4.78, 5) is 81.4. The first-order chi connectivity index (χ1) is 60.1. The van der Waals surface area contributed by atoms with Crippen LogP contribution in [0.1, 0.15) is 41.9 Å². The molecule has 1 aliphatic heterocycles. The van der Waals surface area contributed by atoms with E-state index < -0.39 is 0 Å². The van der Waals surface area contributed by atoms with Crippen molar-refractivity contribution in [1.82, 2.24) is 69.2 Å². The average Bonchev–Trinajstić information content (AvgIpc) is 0.863. The van der Waals surface area contributed by atoms with Gasteiger partial charge in [-0.05, 0) is 157 Å². The van der Waals surface area contributed by atoms with Gasteiger partial charge in [-0.15, -0.1) is 22.7 Å². The van der Waals surface area contributed by atoms with Crippen LogP contribution in [-0.2, 0) is 19.6 Å². The Morgan fingerprint density at radius 3 is 1.42 bits per heavy atom. The van der Waals surface area contributed by atoms with E-state index in [1.54, 1.807) is 154 Å². The highest BCUT2D eigenvalue weighted by atomic mass is 32.1. The van der Waals surface area contributed by atoms with Gasteiger partial charge < -0.3 is 58.0 Å². The largest absolute Gasteiger partial charge is 0.493 e. The number of thiophene rings is 1. The third kappa shape index (κ3) is 16.0. The SMILES string of the molecule is CCOc1cc2cc(CO)nc(-c3ccnc(-n4nc(-c5cc(OC)c(OC)c(OC)c5)c5sccc5c4=O)c3)c2cc1OCC.COc1cc2c(cc1OC)C(c1ccnc(-n3nc(-c4cncnc4)c4ccccc4c3=O)c1)=N[C@H](CO)C2.COc1cc2cc(CO)nc(-c3ccnc(-n4nc(-c5nccs5)c5ccccc5c4=O)c3)c2cc1OC. The minimum Gasteiger partial charge on any atom is -0.493 e. The number of fused-ring (bicyclic) bond motifs is 6. The van der Waals surface area contributed by atoms with Crippen LogP contribution in [0.2, 0.25) is 0 Å². The molecule has 0 fully saturated rings. The number of thiazole rings is 1. The Bertz CT molecular complexity index is 7090. The van der Waals surface area contributed by atoms with Gasteiger partial charge >= 0.3 is 0 Å². The first kappa shape index (κ1) is 81.9. The van der Waals surface area contributed by atoms with Crippen molar-refractivity contribution >= 4 is 81.6 Å². The zero-order valence-corrected chi connectivity index (χ0v) is 69.3. The second kappa shape index (κ2) is 36.0. The molecule has 0 aliphatic carbocycles. The van der Waals surface area contributed by atoms with Gasteiger partial charge in [-0.3, -0.25) is 19.4 Å². The number of pyridine rings is 5. The molecule has 0 saturated carbocycles. The molecular formula is C91H77N15O15S2. The monoisotopic (exact) mass is 1680 g/mol. The highest BCUT2D eigenvalue weighted by Gasteiger charge is 2.28. The standard InChI is InChI=1S/C34H32N4O7S.C29H24N6O4.C28H21N5O4S/c1-6-44-25-13-20-12-22(18-39)36-30(24(20)17-26(25)45-7-2)19-8-10-35-29(16-19)38-34(40)23-9-11-46-33(23)31(37-38)21-14-27(41-3)32(43-5)28(15-21)42-4;1-38-24-10-18-9-20(15-36)33-27(23(18)12-25(24)39-2)17-7-8-32-26(11-17)35-29(37)22-6-4-3-5-21(22)28(34-35)19-13-30-16-31-14-19;1-36-22-12-17-11-18(15-34)31-25(21(17)14-23(22)37-2)16-7-8-29-24(13-16)33-28(35)20-6-4-3-5-19(20)26(32-33)27-30-9-10-38-27/h8-17,39H,6-7,18H2,1-5H3;3-8,10-14,16,20,36H,9,15H2,1-2H3;3-14,34H,15H2,1-2H3/t;20-;/m.0./s1. The number of hydrogen-bond acceptors (Lipinski definition) is 29. The molecule has 618 valence electrons. The third-order valence-electron chi connectivity index (χ3n) is 20.3. The van der Waals surface area contributed by atoms with E-state index >= 15 is 0 Å². The molecule has 0 saturated heterocycles. The van der Waals surface area contributed by atoms with E-state index in [0.29, 0.717) is 188 Å². The van der Waals surface area contributed by atoms with Crippen molar-refractivity contribution < 1.29 is 58.0 Å². The van der Waals surface area contributed by atoms with E-state index in [4.69, 9.17) is 67.8 Å². The van der Waals surface area contributed by atoms with Crippen LogP contribution in [-0.4, -0.2) is 166 Å². The molecule has 0 amide bonds. The smallest absolute Gasteiger partial charge is 0.281 e. The van der Waals surface area contributed by atoms with Crippen LogP contribution in [0.15, 0.2) is 225 Å². The van der Waals surface area contributed by atoms with E-state index in [9.17, 15) is 29.7 Å². The van der Waals surface area contributed by atoms with Gasteiger partial charge in [-0.1, -0.05) is 36.4 Å². The molecule has 18 rings (SSSR count). The van der Waals surface area contributed by atoms with Crippen LogP contribution in [0.5, 0.6) is 51.7 Å². The Labute approximate surface area is 708 Å². The summed E-state index contributed by atoms with van der Waals surface area (Å²) in [6, 6.07) is 45.3. The van der Waals surface area contributed by atoms with E-state index in [1.165, 1.54) is 43.0 Å². The molecule has 3 N–H and O–H groups in total. The Balaban J connectivity index is 0.000000137. The fourth-order valence-electron chi connectivity index (χ4n) is 14.7. The maximum atomic E-state index is 13.8. The number of aromatic nitrogens is 14. The lowest BCUT2D eigenvalue weighted by atomic mass is 9.90. The van der Waals surface area contributed by atoms with E-state index in [0.717, 1.165) is 43.6 Å². The lowest BCUT2D eigenvalue weighted by Crippen LogP contribution is -2.26. The Morgan fingerprint density at radius 1 is 0.415 bits per heavy atom. The number of hydrogen-bond donors (Lipinski definition) is 3. The number of aliphatic hydroxyl groups excluding tert-OH is 3. The number of rotatable bonds is 23. The van der Waals surface area contributed by atoms with Gasteiger partial charge in [-0.2, -0.15) is 29.3 Å². The van der Waals surface area contributed by atoms with E-state index in [1.807, 2.05) is 110 Å². The minimum absolute atomic E-state index is 0.108. The zero-order valence-electron chi connectivity index (χ0n) is 67.7. The van der Waals surface area contributed by atoms with E-state index in [-0.39, 0.29) is 42.5 Å². The molecule has 0 unspecified atom stereocenters. The van der Waals surface area contributed by atoms with Gasteiger partial charge in [0.1, 0.15) is 28.4 Å². The highest BCUT2D eigenvalue weighted by Crippen LogP contribution is 2.45. The van der Waals surface area contributed by atoms with Crippen LogP contribution in [0.3, 0.4) is 0 Å². The van der Waals surface area contributed by atoms with Crippen LogP contribution >= 0.6 is 22.7 Å². The lowest BCUT2D eigenvalue weighted by Gasteiger charge is -2.24. The number of aliphatic imine (C=N–C) groups is 1. The Hall–Kier alpha value is -14.8. The molecule has 123 heavy (non-hydrogen) atoms. The quantitative estimate of drug-likeness (QED) is 0.0535. The van der Waals surface area contributed by atoms with Crippen LogP contribution in [0.4, 0.5) is 0 Å². The zero-order chi connectivity index (χ0) is 85.5. The minimum atomic E-state index is -0.326. The number of aliphatic hydroxyl groups is 3. The molecule has 17 aromatic rings. The molecule has 0 bridgehead atoms. The molecule has 11 aromatic heterocycles. The van der Waals surface area contributed by atoms with E-state index in [2.05, 4.69) is 35.0 Å². The summed E-state index contributed by atoms with van der Waals surface area (Å²) in [5.74, 6) is 5.81. The second-order valence-corrected chi connectivity index (χ2v) is 29.3. The molecule has 32 heteroatoms. The first-order valence-corrected chi connectivity index (χ1v) is 40.3. The summed E-state index contributed by atoms with van der Waals surface area (Å²) >= 11 is 2.86. The summed E-state index contributed by atoms with van der Waals surface area (Å²) in [6.45, 7) is 4.14. The third-order valence-corrected chi connectivity index (χ3v) is 22.0. The molecule has 12 heterocycles. The predicted molar refractivity (Wildman–Crippen MR) is 469 cm³/mol. The molecule has 1 atom stereocenters. The van der Waals surface area contributed by atoms with Gasteiger partial charge in [0.15, 0.2) is 63.4 Å². The molecule has 0 radical (unpaired) electrons. The summed E-state index contributed by atoms with van der Waals surface area (Å²) in [7, 11) is 10.9. The number of benzene rings is 6. The normalized spacial score (nSPS) is 12.3. The number of methoxy groups -OCH3 is 7. The van der Waals surface area contributed by atoms with Crippen molar-refractivity contribution in [1.29, 1.82) is 0 Å². The summed E-state index contributed by atoms with van der Waals surface area (Å²) < 4.78 is 55.0. The molecule has 6 aromatic carbocycles. The fraction of sp³-hybridized carbons (Fsp3) is 0.176. The van der Waals surface area contributed by atoms with Crippen molar-refractivity contribution in [3.8, 4) is 125 Å². The van der Waals surface area contributed by atoms with Crippen molar-refractivity contribution in [3.05, 3.63) is 265 Å². The van der Waals surface area contributed by atoms with Crippen LogP contribution in [0.25, 0.3) is 126 Å². The number of ether oxygens (including phenoxy) is 9. The summed E-state index contributed by atoms with van der Waals surface area (Å²) in [5, 5.41) is 54.7. The summed E-state index contributed by atoms with van der Waals surface area (Å²) in [6.07, 6.45) is 11.9. The summed E-state index contributed by atoms with van der Waals surface area (Å²) in [5.41, 5.74) is 8.88. The lowest BCUT2D eigenvalue weighted by molar-refractivity contribution is 0.265. The van der Waals surface area contributed by atoms with Crippen molar-refractivity contribution in [2.45, 2.75) is 39.5 Å². The van der Waals surface area contributed by atoms with Gasteiger partial charge in [0, 0.05) is 97.5 Å². The Morgan fingerprint density at radius 2 is 0.894 bits per heavy atom. The second-order valence-electron chi connectivity index (χ2n) is 27.5. The Kier molecular flexibility index (Phi) is 24.0. The van der Waals surface area contributed by atoms with Gasteiger partial charge in [-0.25, -0.2) is 39.9 Å². The molecule has 0 spiro atoms. The average molecular weight is 1680 g/mol. The maximum Gasteiger partial charge on any atom is 0.281 e. The van der Waals surface area contributed by atoms with Crippen LogP contribution < -0.4 is 59.3 Å². The van der Waals surface area contributed by atoms with Gasteiger partial charge in [0.2, 0.25) is 5.75 Å². The predicted octanol–water partition coefficient (Wildman–Crippen LogP) is 13.7. The van der Waals surface area contributed by atoms with Crippen molar-refractivity contribution in [2.75, 3.05) is 69.6 Å². The molecule has 1 aliphatic rings.